The first-order valence-electron chi connectivity index (χ1n) is 8.90. The summed E-state index contributed by atoms with van der Waals surface area (Å²) in [4.78, 5) is 7.28. The van der Waals surface area contributed by atoms with Crippen molar-refractivity contribution in [3.8, 4) is 0 Å². The highest BCUT2D eigenvalue weighted by molar-refractivity contribution is 14.0. The van der Waals surface area contributed by atoms with Crippen molar-refractivity contribution in [2.45, 2.75) is 53.4 Å². The molecule has 0 spiro atoms. The summed E-state index contributed by atoms with van der Waals surface area (Å²) in [7, 11) is 0. The minimum Gasteiger partial charge on any atom is -0.357 e. The second-order valence-electron chi connectivity index (χ2n) is 6.54. The number of piperidine rings is 1. The lowest BCUT2D eigenvalue weighted by molar-refractivity contribution is 0.188. The van der Waals surface area contributed by atoms with Crippen molar-refractivity contribution < 1.29 is 0 Å². The molecule has 0 aromatic rings. The molecule has 0 radical (unpaired) electrons. The molecular formula is C17H37IN4. The van der Waals surface area contributed by atoms with Gasteiger partial charge in [-0.3, -0.25) is 4.99 Å². The van der Waals surface area contributed by atoms with Gasteiger partial charge in [0.2, 0.25) is 0 Å². The van der Waals surface area contributed by atoms with Gasteiger partial charge in [0.25, 0.3) is 0 Å². The average Bonchev–Trinajstić information content (AvgIpc) is 2.47. The van der Waals surface area contributed by atoms with Crippen LogP contribution in [0.1, 0.15) is 53.4 Å². The van der Waals surface area contributed by atoms with Crippen LogP contribution in [0.3, 0.4) is 0 Å². The molecule has 0 aromatic carbocycles. The summed E-state index contributed by atoms with van der Waals surface area (Å²) in [5.41, 5.74) is 0. The van der Waals surface area contributed by atoms with E-state index in [2.05, 4.69) is 43.2 Å². The van der Waals surface area contributed by atoms with Crippen LogP contribution in [0.25, 0.3) is 0 Å². The largest absolute Gasteiger partial charge is 0.357 e. The first kappa shape index (κ1) is 22.0. The minimum atomic E-state index is 0. The number of aliphatic imine (C=N–C) groups is 1. The van der Waals surface area contributed by atoms with E-state index in [0.717, 1.165) is 37.4 Å². The van der Waals surface area contributed by atoms with E-state index in [-0.39, 0.29) is 24.0 Å². The number of halogens is 1. The van der Waals surface area contributed by atoms with E-state index in [1.165, 1.54) is 45.3 Å². The lowest BCUT2D eigenvalue weighted by Crippen LogP contribution is -2.38. The van der Waals surface area contributed by atoms with Crippen molar-refractivity contribution in [2.75, 3.05) is 39.3 Å². The van der Waals surface area contributed by atoms with Crippen LogP contribution in [0.4, 0.5) is 0 Å². The molecule has 0 amide bonds. The Morgan fingerprint density at radius 2 is 1.86 bits per heavy atom. The Balaban J connectivity index is 0.00000441. The first-order chi connectivity index (χ1) is 10.2. The third-order valence-corrected chi connectivity index (χ3v) is 4.32. The van der Waals surface area contributed by atoms with E-state index in [1.807, 2.05) is 0 Å². The van der Waals surface area contributed by atoms with Gasteiger partial charge in [-0.1, -0.05) is 20.8 Å². The van der Waals surface area contributed by atoms with Crippen LogP contribution in [-0.2, 0) is 0 Å². The molecule has 2 N–H and O–H groups in total. The highest BCUT2D eigenvalue weighted by Gasteiger charge is 2.17. The second-order valence-corrected chi connectivity index (χ2v) is 6.54. The first-order valence-corrected chi connectivity index (χ1v) is 8.90. The molecule has 0 atom stereocenters. The number of hydrogen-bond donors (Lipinski definition) is 2. The lowest BCUT2D eigenvalue weighted by atomic mass is 9.94. The fourth-order valence-corrected chi connectivity index (χ4v) is 2.77. The zero-order chi connectivity index (χ0) is 15.5. The molecule has 0 aromatic heterocycles. The maximum absolute atomic E-state index is 4.72. The quantitative estimate of drug-likeness (QED) is 0.357. The summed E-state index contributed by atoms with van der Waals surface area (Å²) in [6.45, 7) is 15.6. The fourth-order valence-electron chi connectivity index (χ4n) is 2.77. The van der Waals surface area contributed by atoms with Crippen molar-refractivity contribution in [1.29, 1.82) is 0 Å². The van der Waals surface area contributed by atoms with Gasteiger partial charge in [-0.15, -0.1) is 24.0 Å². The number of likely N-dealkylation sites (tertiary alicyclic amines) is 1. The Hall–Kier alpha value is -0.0400. The van der Waals surface area contributed by atoms with Crippen LogP contribution in [0.15, 0.2) is 4.99 Å². The number of nitrogens with zero attached hydrogens (tertiary/aromatic N) is 2. The summed E-state index contributed by atoms with van der Waals surface area (Å²) in [6.07, 6.45) is 5.12. The zero-order valence-corrected chi connectivity index (χ0v) is 17.4. The Kier molecular flexibility index (Phi) is 13.4. The summed E-state index contributed by atoms with van der Waals surface area (Å²) in [5, 5.41) is 6.78. The van der Waals surface area contributed by atoms with Crippen molar-refractivity contribution in [3.05, 3.63) is 0 Å². The molecule has 1 fully saturated rings. The van der Waals surface area contributed by atoms with Crippen LogP contribution in [-0.4, -0.2) is 50.1 Å². The van der Waals surface area contributed by atoms with Crippen LogP contribution in [0.5, 0.6) is 0 Å². The van der Waals surface area contributed by atoms with Crippen LogP contribution in [0.2, 0.25) is 0 Å². The van der Waals surface area contributed by atoms with E-state index in [4.69, 9.17) is 4.99 Å². The molecule has 1 aliphatic rings. The monoisotopic (exact) mass is 424 g/mol. The third kappa shape index (κ3) is 9.87. The van der Waals surface area contributed by atoms with Crippen LogP contribution in [0, 0.1) is 11.8 Å². The molecule has 0 aliphatic carbocycles. The smallest absolute Gasteiger partial charge is 0.191 e. The maximum Gasteiger partial charge on any atom is 0.191 e. The normalized spacial score (nSPS) is 17.4. The number of nitrogens with one attached hydrogen (secondary N) is 2. The molecule has 0 bridgehead atoms. The molecule has 1 heterocycles. The van der Waals surface area contributed by atoms with Gasteiger partial charge in [0.05, 0.1) is 0 Å². The molecule has 1 rings (SSSR count). The summed E-state index contributed by atoms with van der Waals surface area (Å²) >= 11 is 0. The van der Waals surface area contributed by atoms with Gasteiger partial charge in [0.15, 0.2) is 5.96 Å². The topological polar surface area (TPSA) is 39.7 Å². The molecule has 1 saturated heterocycles. The van der Waals surface area contributed by atoms with Gasteiger partial charge in [0, 0.05) is 19.6 Å². The highest BCUT2D eigenvalue weighted by atomic mass is 127. The molecule has 0 unspecified atom stereocenters. The number of hydrogen-bond acceptors (Lipinski definition) is 2. The van der Waals surface area contributed by atoms with Crippen molar-refractivity contribution >= 4 is 29.9 Å². The summed E-state index contributed by atoms with van der Waals surface area (Å²) in [5.74, 6) is 2.60. The molecule has 132 valence electrons. The predicted octanol–water partition coefficient (Wildman–Crippen LogP) is 3.33. The zero-order valence-electron chi connectivity index (χ0n) is 15.0. The Bertz CT molecular complexity index is 286. The van der Waals surface area contributed by atoms with Gasteiger partial charge in [-0.25, -0.2) is 0 Å². The van der Waals surface area contributed by atoms with Gasteiger partial charge in [0.1, 0.15) is 0 Å². The lowest BCUT2D eigenvalue weighted by Gasteiger charge is -2.30. The predicted molar refractivity (Wildman–Crippen MR) is 108 cm³/mol. The maximum atomic E-state index is 4.72. The van der Waals surface area contributed by atoms with E-state index in [9.17, 15) is 0 Å². The standard InChI is InChI=1S/C17H36N4.HI/c1-5-18-17(19-11-7-15(3)4)20-12-8-16-9-13-21(6-2)14-10-16;/h15-16H,5-14H2,1-4H3,(H2,18,19,20);1H. The van der Waals surface area contributed by atoms with Crippen molar-refractivity contribution in [2.24, 2.45) is 16.8 Å². The fraction of sp³-hybridized carbons (Fsp3) is 0.941. The molecular weight excluding hydrogens is 387 g/mol. The Morgan fingerprint density at radius 1 is 1.18 bits per heavy atom. The van der Waals surface area contributed by atoms with Gasteiger partial charge < -0.3 is 15.5 Å². The molecule has 1 aliphatic heterocycles. The van der Waals surface area contributed by atoms with E-state index >= 15 is 0 Å². The molecule has 5 heteroatoms. The molecule has 22 heavy (non-hydrogen) atoms. The Labute approximate surface area is 154 Å². The summed E-state index contributed by atoms with van der Waals surface area (Å²) in [6, 6.07) is 0. The summed E-state index contributed by atoms with van der Waals surface area (Å²) < 4.78 is 0. The van der Waals surface area contributed by atoms with Gasteiger partial charge in [-0.05, 0) is 64.1 Å². The van der Waals surface area contributed by atoms with Gasteiger partial charge in [-0.2, -0.15) is 0 Å². The number of guanidine groups is 1. The Morgan fingerprint density at radius 3 is 2.41 bits per heavy atom. The van der Waals surface area contributed by atoms with E-state index in [1.54, 1.807) is 0 Å². The average molecular weight is 424 g/mol. The minimum absolute atomic E-state index is 0. The van der Waals surface area contributed by atoms with Crippen LogP contribution < -0.4 is 10.6 Å². The molecule has 0 saturated carbocycles. The van der Waals surface area contributed by atoms with Crippen molar-refractivity contribution in [1.82, 2.24) is 15.5 Å². The van der Waals surface area contributed by atoms with Crippen molar-refractivity contribution in [3.63, 3.8) is 0 Å². The third-order valence-electron chi connectivity index (χ3n) is 4.32. The number of rotatable bonds is 8. The van der Waals surface area contributed by atoms with Crippen LogP contribution >= 0.6 is 24.0 Å². The SMILES string of the molecule is CCNC(=NCCC1CCN(CC)CC1)NCCC(C)C.I. The highest BCUT2D eigenvalue weighted by Crippen LogP contribution is 2.19. The molecule has 4 nitrogen and oxygen atoms in total. The van der Waals surface area contributed by atoms with E-state index < -0.39 is 0 Å². The van der Waals surface area contributed by atoms with E-state index in [0.29, 0.717) is 0 Å². The second kappa shape index (κ2) is 13.4. The van der Waals surface area contributed by atoms with Gasteiger partial charge >= 0.3 is 0 Å².